The molecule has 14 heavy (non-hydrogen) atoms. The van der Waals surface area contributed by atoms with E-state index in [9.17, 15) is 5.11 Å². The molecule has 0 spiro atoms. The van der Waals surface area contributed by atoms with E-state index in [1.807, 2.05) is 0 Å². The fourth-order valence-electron chi connectivity index (χ4n) is 1.15. The minimum atomic E-state index is -0.282. The molecule has 4 heteroatoms. The molecule has 1 rings (SSSR count). The highest BCUT2D eigenvalue weighted by atomic mass is 16.5. The van der Waals surface area contributed by atoms with Crippen molar-refractivity contribution in [2.24, 2.45) is 0 Å². The van der Waals surface area contributed by atoms with E-state index in [0.717, 1.165) is 6.26 Å². The normalized spacial score (nSPS) is 10.7. The van der Waals surface area contributed by atoms with Crippen molar-refractivity contribution < 1.29 is 20.1 Å². The third kappa shape index (κ3) is 1.97. The van der Waals surface area contributed by atoms with Crippen LogP contribution in [0.3, 0.4) is 0 Å². The van der Waals surface area contributed by atoms with Gasteiger partial charge in [-0.15, -0.1) is 0 Å². The van der Waals surface area contributed by atoms with Gasteiger partial charge in [0.2, 0.25) is 0 Å². The van der Waals surface area contributed by atoms with Gasteiger partial charge in [0.15, 0.2) is 11.5 Å². The van der Waals surface area contributed by atoms with Crippen LogP contribution in [0.4, 0.5) is 0 Å². The summed E-state index contributed by atoms with van der Waals surface area (Å²) in [5, 5.41) is 27.0. The van der Waals surface area contributed by atoms with Crippen molar-refractivity contribution in [3.05, 3.63) is 29.5 Å². The Hall–Kier alpha value is -1.68. The molecular weight excluding hydrogens is 184 g/mol. The largest absolute Gasteiger partial charge is 0.516 e. The molecule has 0 heterocycles. The minimum Gasteiger partial charge on any atom is -0.516 e. The lowest BCUT2D eigenvalue weighted by Gasteiger charge is -2.08. The van der Waals surface area contributed by atoms with E-state index in [1.54, 1.807) is 12.1 Å². The van der Waals surface area contributed by atoms with E-state index >= 15 is 0 Å². The molecule has 0 radical (unpaired) electrons. The lowest BCUT2D eigenvalue weighted by molar-refractivity contribution is 0.272. The molecule has 0 saturated heterocycles. The summed E-state index contributed by atoms with van der Waals surface area (Å²) in [6, 6.07) is 3.12. The smallest absolute Gasteiger partial charge is 0.163 e. The third-order valence-electron chi connectivity index (χ3n) is 1.83. The first kappa shape index (κ1) is 10.4. The summed E-state index contributed by atoms with van der Waals surface area (Å²) in [5.74, 6) is 0.190. The number of aliphatic hydroxyl groups is 2. The molecule has 0 saturated carbocycles. The van der Waals surface area contributed by atoms with Crippen LogP contribution in [0.2, 0.25) is 0 Å². The Morgan fingerprint density at radius 2 is 2.14 bits per heavy atom. The van der Waals surface area contributed by atoms with Crippen molar-refractivity contribution in [2.45, 2.75) is 6.61 Å². The van der Waals surface area contributed by atoms with Gasteiger partial charge in [-0.3, -0.25) is 0 Å². The first-order valence-electron chi connectivity index (χ1n) is 4.04. The predicted octanol–water partition coefficient (Wildman–Crippen LogP) is 1.42. The van der Waals surface area contributed by atoms with Crippen LogP contribution in [0.15, 0.2) is 18.4 Å². The Balaban J connectivity index is 3.24. The maximum Gasteiger partial charge on any atom is 0.163 e. The Morgan fingerprint density at radius 3 is 2.64 bits per heavy atom. The van der Waals surface area contributed by atoms with Crippen molar-refractivity contribution >= 4 is 6.08 Å². The van der Waals surface area contributed by atoms with E-state index < -0.39 is 0 Å². The van der Waals surface area contributed by atoms with Crippen LogP contribution in [-0.4, -0.2) is 22.4 Å². The Morgan fingerprint density at radius 1 is 1.43 bits per heavy atom. The number of hydrogen-bond donors (Lipinski definition) is 3. The number of hydrogen-bond acceptors (Lipinski definition) is 4. The first-order valence-corrected chi connectivity index (χ1v) is 4.04. The van der Waals surface area contributed by atoms with Gasteiger partial charge in [-0.1, -0.05) is 0 Å². The molecule has 4 nitrogen and oxygen atoms in total. The maximum atomic E-state index is 9.51. The summed E-state index contributed by atoms with van der Waals surface area (Å²) in [6.45, 7) is -0.282. The Labute approximate surface area is 81.7 Å². The van der Waals surface area contributed by atoms with Gasteiger partial charge in [-0.25, -0.2) is 0 Å². The number of aliphatic hydroxyl groups excluding tert-OH is 2. The molecule has 1 aromatic rings. The van der Waals surface area contributed by atoms with Crippen molar-refractivity contribution in [2.75, 3.05) is 7.11 Å². The molecule has 3 N–H and O–H groups in total. The molecular formula is C10H12O4. The number of phenols is 1. The number of benzene rings is 1. The zero-order valence-corrected chi connectivity index (χ0v) is 7.77. The van der Waals surface area contributed by atoms with Gasteiger partial charge in [0.05, 0.1) is 20.0 Å². The van der Waals surface area contributed by atoms with E-state index in [-0.39, 0.29) is 18.1 Å². The van der Waals surface area contributed by atoms with Crippen LogP contribution in [0.25, 0.3) is 6.08 Å². The summed E-state index contributed by atoms with van der Waals surface area (Å²) in [4.78, 5) is 0. The van der Waals surface area contributed by atoms with Gasteiger partial charge in [0.1, 0.15) is 0 Å². The van der Waals surface area contributed by atoms with E-state index in [0.29, 0.717) is 11.1 Å². The van der Waals surface area contributed by atoms with Gasteiger partial charge in [0.25, 0.3) is 0 Å². The molecule has 0 aliphatic rings. The Bertz CT molecular complexity index is 319. The maximum absolute atomic E-state index is 9.51. The van der Waals surface area contributed by atoms with Crippen molar-refractivity contribution in [3.63, 3.8) is 0 Å². The lowest BCUT2D eigenvalue weighted by atomic mass is 10.1. The van der Waals surface area contributed by atoms with Gasteiger partial charge in [0, 0.05) is 5.56 Å². The van der Waals surface area contributed by atoms with E-state index in [2.05, 4.69) is 0 Å². The SMILES string of the molecule is COc1cc(/C=C/O)cc(CO)c1O. The standard InChI is InChI=1S/C10H12O4/c1-14-9-5-7(2-3-11)4-8(6-12)10(9)13/h2-5,11-13H,6H2,1H3/b3-2+. The highest BCUT2D eigenvalue weighted by molar-refractivity contribution is 5.58. The fraction of sp³-hybridized carbons (Fsp3) is 0.200. The zero-order chi connectivity index (χ0) is 10.6. The third-order valence-corrected chi connectivity index (χ3v) is 1.83. The van der Waals surface area contributed by atoms with Gasteiger partial charge in [-0.2, -0.15) is 0 Å². The molecule has 0 amide bonds. The molecule has 1 aromatic carbocycles. The van der Waals surface area contributed by atoms with E-state index in [1.165, 1.54) is 13.2 Å². The van der Waals surface area contributed by atoms with Crippen LogP contribution in [0, 0.1) is 0 Å². The number of methoxy groups -OCH3 is 1. The quantitative estimate of drug-likeness (QED) is 0.639. The summed E-state index contributed by atoms with van der Waals surface area (Å²) >= 11 is 0. The first-order chi connectivity index (χ1) is 6.72. The van der Waals surface area contributed by atoms with Crippen LogP contribution in [0.1, 0.15) is 11.1 Å². The molecule has 0 fully saturated rings. The van der Waals surface area contributed by atoms with Crippen LogP contribution in [0.5, 0.6) is 11.5 Å². The molecule has 0 unspecified atom stereocenters. The van der Waals surface area contributed by atoms with Crippen LogP contribution >= 0.6 is 0 Å². The number of aromatic hydroxyl groups is 1. The molecule has 0 aromatic heterocycles. The molecule has 0 atom stereocenters. The Kier molecular flexibility index (Phi) is 3.36. The molecule has 76 valence electrons. The monoisotopic (exact) mass is 196 g/mol. The van der Waals surface area contributed by atoms with Gasteiger partial charge < -0.3 is 20.1 Å². The summed E-state index contributed by atoms with van der Waals surface area (Å²) in [6.07, 6.45) is 2.31. The van der Waals surface area contributed by atoms with Crippen molar-refractivity contribution in [1.29, 1.82) is 0 Å². The zero-order valence-electron chi connectivity index (χ0n) is 7.77. The summed E-state index contributed by atoms with van der Waals surface area (Å²) in [7, 11) is 1.42. The highest BCUT2D eigenvalue weighted by Gasteiger charge is 2.08. The molecule has 0 bridgehead atoms. The number of ether oxygens (including phenoxy) is 1. The van der Waals surface area contributed by atoms with Crippen molar-refractivity contribution in [3.8, 4) is 11.5 Å². The molecule has 0 aliphatic carbocycles. The fourth-order valence-corrected chi connectivity index (χ4v) is 1.15. The average Bonchev–Trinajstić information content (AvgIpc) is 2.20. The number of rotatable bonds is 3. The van der Waals surface area contributed by atoms with Crippen molar-refractivity contribution in [1.82, 2.24) is 0 Å². The minimum absolute atomic E-state index is 0.0786. The van der Waals surface area contributed by atoms with Crippen LogP contribution in [-0.2, 0) is 6.61 Å². The van der Waals surface area contributed by atoms with Gasteiger partial charge in [-0.05, 0) is 23.8 Å². The summed E-state index contributed by atoms with van der Waals surface area (Å²) < 4.78 is 4.90. The predicted molar refractivity (Wildman–Crippen MR) is 52.2 cm³/mol. The second-order valence-corrected chi connectivity index (χ2v) is 2.70. The topological polar surface area (TPSA) is 69.9 Å². The summed E-state index contributed by atoms with van der Waals surface area (Å²) in [5.41, 5.74) is 1.00. The van der Waals surface area contributed by atoms with Crippen LogP contribution < -0.4 is 4.74 Å². The average molecular weight is 196 g/mol. The second-order valence-electron chi connectivity index (χ2n) is 2.70. The molecule has 0 aliphatic heterocycles. The highest BCUT2D eigenvalue weighted by Crippen LogP contribution is 2.31. The van der Waals surface area contributed by atoms with Gasteiger partial charge >= 0.3 is 0 Å². The van der Waals surface area contributed by atoms with E-state index in [4.69, 9.17) is 14.9 Å². The second kappa shape index (κ2) is 4.53. The lowest BCUT2D eigenvalue weighted by Crippen LogP contribution is -1.91.